The van der Waals surface area contributed by atoms with Crippen molar-refractivity contribution in [2.24, 2.45) is 17.8 Å². The molecule has 1 aromatic carbocycles. The van der Waals surface area contributed by atoms with Crippen molar-refractivity contribution in [3.8, 4) is 0 Å². The van der Waals surface area contributed by atoms with Crippen molar-refractivity contribution in [1.82, 2.24) is 0 Å². The molecule has 2 rings (SSSR count). The third-order valence-electron chi connectivity index (χ3n) is 4.76. The zero-order valence-corrected chi connectivity index (χ0v) is 12.6. The van der Waals surface area contributed by atoms with Gasteiger partial charge in [0, 0.05) is 5.56 Å². The van der Waals surface area contributed by atoms with Gasteiger partial charge in [0.2, 0.25) is 0 Å². The van der Waals surface area contributed by atoms with Crippen molar-refractivity contribution in [2.45, 2.75) is 52.9 Å². The smallest absolute Gasteiger partial charge is 0.160 e. The van der Waals surface area contributed by atoms with Gasteiger partial charge in [-0.3, -0.25) is 4.79 Å². The molecule has 0 radical (unpaired) electrons. The zero-order chi connectivity index (χ0) is 14.0. The molecule has 1 nitrogen and oxygen atoms in total. The van der Waals surface area contributed by atoms with E-state index in [1.807, 2.05) is 12.1 Å². The Labute approximate surface area is 117 Å². The Balaban J connectivity index is 2.39. The predicted molar refractivity (Wildman–Crippen MR) is 80.5 cm³/mol. The van der Waals surface area contributed by atoms with E-state index in [0.29, 0.717) is 11.8 Å². The Morgan fingerprint density at radius 1 is 1.21 bits per heavy atom. The minimum absolute atomic E-state index is 0.205. The molecule has 0 spiro atoms. The van der Waals surface area contributed by atoms with Gasteiger partial charge in [0.25, 0.3) is 0 Å². The number of hydrogen-bond acceptors (Lipinski definition) is 1. The van der Waals surface area contributed by atoms with Gasteiger partial charge in [0.15, 0.2) is 5.78 Å². The molecule has 3 unspecified atom stereocenters. The summed E-state index contributed by atoms with van der Waals surface area (Å²) in [5.74, 6) is 2.95. The van der Waals surface area contributed by atoms with Gasteiger partial charge in [0.1, 0.15) is 0 Å². The summed E-state index contributed by atoms with van der Waals surface area (Å²) >= 11 is 0. The van der Waals surface area contributed by atoms with Crippen LogP contribution in [0.1, 0.15) is 68.8 Å². The average molecular weight is 258 g/mol. The van der Waals surface area contributed by atoms with Crippen LogP contribution in [0.15, 0.2) is 24.3 Å². The first-order valence-electron chi connectivity index (χ1n) is 7.60. The second kappa shape index (κ2) is 5.90. The predicted octanol–water partition coefficient (Wildman–Crippen LogP) is 5.07. The van der Waals surface area contributed by atoms with Crippen molar-refractivity contribution in [2.75, 3.05) is 0 Å². The molecule has 1 fully saturated rings. The first kappa shape index (κ1) is 14.3. The Kier molecular flexibility index (Phi) is 4.44. The molecule has 0 amide bonds. The first-order chi connectivity index (χ1) is 9.00. The molecule has 0 heterocycles. The van der Waals surface area contributed by atoms with Crippen LogP contribution >= 0.6 is 0 Å². The average Bonchev–Trinajstić information content (AvgIpc) is 2.38. The second-order valence-corrected chi connectivity index (χ2v) is 6.58. The number of carbonyl (C=O) groups excluding carboxylic acids is 1. The Hall–Kier alpha value is -1.11. The maximum Gasteiger partial charge on any atom is 0.160 e. The van der Waals surface area contributed by atoms with Gasteiger partial charge in [-0.05, 0) is 49.0 Å². The maximum absolute atomic E-state index is 11.9. The zero-order valence-electron chi connectivity index (χ0n) is 12.6. The van der Waals surface area contributed by atoms with Crippen LogP contribution in [0.3, 0.4) is 0 Å². The van der Waals surface area contributed by atoms with E-state index >= 15 is 0 Å². The molecule has 1 heteroatoms. The van der Waals surface area contributed by atoms with E-state index in [-0.39, 0.29) is 5.78 Å². The number of benzene rings is 1. The van der Waals surface area contributed by atoms with Gasteiger partial charge in [-0.25, -0.2) is 0 Å². The Bertz CT molecular complexity index is 447. The third kappa shape index (κ3) is 3.08. The van der Waals surface area contributed by atoms with Crippen molar-refractivity contribution < 1.29 is 4.79 Å². The summed E-state index contributed by atoms with van der Waals surface area (Å²) in [6, 6.07) is 8.23. The highest BCUT2D eigenvalue weighted by atomic mass is 16.1. The van der Waals surface area contributed by atoms with Crippen LogP contribution in [0.25, 0.3) is 0 Å². The molecule has 1 aromatic rings. The highest BCUT2D eigenvalue weighted by molar-refractivity contribution is 5.95. The van der Waals surface area contributed by atoms with Crippen LogP contribution in [0.5, 0.6) is 0 Å². The summed E-state index contributed by atoms with van der Waals surface area (Å²) in [5, 5.41) is 0. The number of Topliss-reactive ketones (excluding diaryl/α,β-unsaturated/α-hetero) is 1. The summed E-state index contributed by atoms with van der Waals surface area (Å²) in [6.45, 7) is 8.68. The quantitative estimate of drug-likeness (QED) is 0.692. The molecular weight excluding hydrogens is 232 g/mol. The second-order valence-electron chi connectivity index (χ2n) is 6.58. The van der Waals surface area contributed by atoms with Gasteiger partial charge in [-0.15, -0.1) is 0 Å². The fraction of sp³-hybridized carbons (Fsp3) is 0.611. The fourth-order valence-electron chi connectivity index (χ4n) is 3.70. The molecular formula is C18H26O. The first-order valence-corrected chi connectivity index (χ1v) is 7.60. The van der Waals surface area contributed by atoms with E-state index in [0.717, 1.165) is 17.4 Å². The van der Waals surface area contributed by atoms with Gasteiger partial charge >= 0.3 is 0 Å². The number of ketones is 1. The van der Waals surface area contributed by atoms with E-state index in [1.165, 1.54) is 24.8 Å². The van der Waals surface area contributed by atoms with E-state index in [9.17, 15) is 4.79 Å². The van der Waals surface area contributed by atoms with Crippen LogP contribution in [0, 0.1) is 17.8 Å². The topological polar surface area (TPSA) is 17.1 Å². The SMILES string of the molecule is CC(=O)c1ccccc1C1CC(C)CCC1C(C)C. The van der Waals surface area contributed by atoms with Crippen LogP contribution in [0.2, 0.25) is 0 Å². The van der Waals surface area contributed by atoms with Gasteiger partial charge < -0.3 is 0 Å². The molecule has 1 aliphatic rings. The van der Waals surface area contributed by atoms with Crippen LogP contribution in [-0.2, 0) is 0 Å². The van der Waals surface area contributed by atoms with Crippen molar-refractivity contribution in [3.05, 3.63) is 35.4 Å². The Morgan fingerprint density at radius 3 is 2.53 bits per heavy atom. The van der Waals surface area contributed by atoms with E-state index in [2.05, 4.69) is 32.9 Å². The molecule has 0 bridgehead atoms. The number of carbonyl (C=O) groups is 1. The summed E-state index contributed by atoms with van der Waals surface area (Å²) in [6.07, 6.45) is 3.87. The lowest BCUT2D eigenvalue weighted by atomic mass is 9.67. The van der Waals surface area contributed by atoms with E-state index in [4.69, 9.17) is 0 Å². The van der Waals surface area contributed by atoms with E-state index < -0.39 is 0 Å². The summed E-state index contributed by atoms with van der Waals surface area (Å²) in [5.41, 5.74) is 2.23. The van der Waals surface area contributed by atoms with Crippen molar-refractivity contribution >= 4 is 5.78 Å². The maximum atomic E-state index is 11.9. The van der Waals surface area contributed by atoms with Crippen LogP contribution < -0.4 is 0 Å². The fourth-order valence-corrected chi connectivity index (χ4v) is 3.70. The van der Waals surface area contributed by atoms with Crippen molar-refractivity contribution in [3.63, 3.8) is 0 Å². The largest absolute Gasteiger partial charge is 0.295 e. The van der Waals surface area contributed by atoms with Crippen LogP contribution in [-0.4, -0.2) is 5.78 Å². The normalized spacial score (nSPS) is 27.5. The lowest BCUT2D eigenvalue weighted by Gasteiger charge is -2.38. The lowest BCUT2D eigenvalue weighted by Crippen LogP contribution is -2.27. The minimum atomic E-state index is 0.205. The summed E-state index contributed by atoms with van der Waals surface area (Å²) in [7, 11) is 0. The van der Waals surface area contributed by atoms with E-state index in [1.54, 1.807) is 6.92 Å². The molecule has 0 saturated heterocycles. The summed E-state index contributed by atoms with van der Waals surface area (Å²) in [4.78, 5) is 11.9. The minimum Gasteiger partial charge on any atom is -0.295 e. The number of rotatable bonds is 3. The molecule has 1 aliphatic carbocycles. The van der Waals surface area contributed by atoms with Gasteiger partial charge in [0.05, 0.1) is 0 Å². The Morgan fingerprint density at radius 2 is 1.89 bits per heavy atom. The molecule has 19 heavy (non-hydrogen) atoms. The highest BCUT2D eigenvalue weighted by Crippen LogP contribution is 2.44. The van der Waals surface area contributed by atoms with Crippen molar-refractivity contribution in [1.29, 1.82) is 0 Å². The van der Waals surface area contributed by atoms with Gasteiger partial charge in [-0.2, -0.15) is 0 Å². The monoisotopic (exact) mass is 258 g/mol. The molecule has 1 saturated carbocycles. The lowest BCUT2D eigenvalue weighted by molar-refractivity contribution is 0.101. The molecule has 0 aliphatic heterocycles. The molecule has 3 atom stereocenters. The molecule has 104 valence electrons. The highest BCUT2D eigenvalue weighted by Gasteiger charge is 2.33. The summed E-state index contributed by atoms with van der Waals surface area (Å²) < 4.78 is 0. The number of hydrogen-bond donors (Lipinski definition) is 0. The molecule has 0 aromatic heterocycles. The van der Waals surface area contributed by atoms with Gasteiger partial charge in [-0.1, -0.05) is 51.5 Å². The standard InChI is InChI=1S/C18H26O/c1-12(2)15-10-9-13(3)11-18(15)17-8-6-5-7-16(17)14(4)19/h5-8,12-13,15,18H,9-11H2,1-4H3. The van der Waals surface area contributed by atoms with Crippen LogP contribution in [0.4, 0.5) is 0 Å². The molecule has 0 N–H and O–H groups in total. The third-order valence-corrected chi connectivity index (χ3v) is 4.76.